The van der Waals surface area contributed by atoms with Gasteiger partial charge in [-0.2, -0.15) is 0 Å². The highest BCUT2D eigenvalue weighted by Crippen LogP contribution is 2.31. The van der Waals surface area contributed by atoms with Crippen molar-refractivity contribution in [1.29, 1.82) is 0 Å². The quantitative estimate of drug-likeness (QED) is 0.438. The normalized spacial score (nSPS) is 10.7. The summed E-state index contributed by atoms with van der Waals surface area (Å²) < 4.78 is 10.2. The monoisotopic (exact) mass is 361 g/mol. The number of para-hydroxylation sites is 3. The lowest BCUT2D eigenvalue weighted by Gasteiger charge is -2.06. The Hall–Kier alpha value is -3.04. The van der Waals surface area contributed by atoms with Crippen LogP contribution in [-0.2, 0) is 0 Å². The van der Waals surface area contributed by atoms with Crippen LogP contribution in [0.4, 0.5) is 0 Å². The van der Waals surface area contributed by atoms with Crippen molar-refractivity contribution >= 4 is 11.6 Å². The maximum atomic E-state index is 6.73. The number of hydrogen-bond donors (Lipinski definition) is 0. The molecule has 1 aromatic heterocycles. The second-order valence-electron chi connectivity index (χ2n) is 5.93. The lowest BCUT2D eigenvalue weighted by Crippen LogP contribution is -2.40. The van der Waals surface area contributed by atoms with Crippen molar-refractivity contribution in [3.05, 3.63) is 102 Å². The van der Waals surface area contributed by atoms with E-state index >= 15 is 0 Å². The van der Waals surface area contributed by atoms with Gasteiger partial charge in [-0.15, -0.1) is 4.68 Å². The lowest BCUT2D eigenvalue weighted by atomic mass is 10.3. The predicted octanol–water partition coefficient (Wildman–Crippen LogP) is 5.51. The molecule has 4 aromatic rings. The molecular formula is C22H18ClN2O+. The zero-order valence-corrected chi connectivity index (χ0v) is 15.1. The zero-order chi connectivity index (χ0) is 17.9. The molecule has 0 amide bonds. The van der Waals surface area contributed by atoms with Crippen molar-refractivity contribution in [2.24, 2.45) is 0 Å². The second-order valence-corrected chi connectivity index (χ2v) is 6.29. The molecule has 3 nitrogen and oxygen atoms in total. The van der Waals surface area contributed by atoms with Gasteiger partial charge in [0.2, 0.25) is 5.69 Å². The highest BCUT2D eigenvalue weighted by Gasteiger charge is 2.32. The fourth-order valence-electron chi connectivity index (χ4n) is 2.90. The van der Waals surface area contributed by atoms with E-state index in [-0.39, 0.29) is 0 Å². The first-order chi connectivity index (χ1) is 12.8. The highest BCUT2D eigenvalue weighted by atomic mass is 35.5. The SMILES string of the molecule is Cc1c(Cl)n(-c2ccccc2)[n+](-c2ccccc2)c1Oc1ccccc1. The molecule has 0 aliphatic rings. The minimum absolute atomic E-state index is 0.617. The molecule has 128 valence electrons. The summed E-state index contributed by atoms with van der Waals surface area (Å²) in [5.74, 6) is 1.46. The third kappa shape index (κ3) is 2.98. The lowest BCUT2D eigenvalue weighted by molar-refractivity contribution is -0.678. The van der Waals surface area contributed by atoms with Crippen LogP contribution in [0.15, 0.2) is 91.0 Å². The van der Waals surface area contributed by atoms with E-state index in [0.29, 0.717) is 11.0 Å². The Morgan fingerprint density at radius 3 is 1.92 bits per heavy atom. The van der Waals surface area contributed by atoms with E-state index in [4.69, 9.17) is 16.3 Å². The molecule has 3 aromatic carbocycles. The van der Waals surface area contributed by atoms with Gasteiger partial charge in [0.25, 0.3) is 0 Å². The molecule has 0 N–H and O–H groups in total. The molecule has 0 aliphatic carbocycles. The number of halogens is 1. The van der Waals surface area contributed by atoms with E-state index in [1.54, 1.807) is 0 Å². The highest BCUT2D eigenvalue weighted by molar-refractivity contribution is 6.30. The largest absolute Gasteiger partial charge is 0.409 e. The van der Waals surface area contributed by atoms with E-state index in [0.717, 1.165) is 22.7 Å². The van der Waals surface area contributed by atoms with Crippen LogP contribution in [0.2, 0.25) is 5.15 Å². The van der Waals surface area contributed by atoms with Crippen molar-refractivity contribution in [2.75, 3.05) is 0 Å². The zero-order valence-electron chi connectivity index (χ0n) is 14.3. The standard InChI is InChI=1S/C22H18ClN2O/c1-17-21(23)24(18-11-5-2-6-12-18)25(19-13-7-3-8-14-19)22(17)26-20-15-9-4-10-16-20/h2-16H,1H3/q+1. The Bertz CT molecular complexity index is 1010. The average Bonchev–Trinajstić information content (AvgIpc) is 2.95. The van der Waals surface area contributed by atoms with Crippen molar-refractivity contribution < 1.29 is 9.42 Å². The summed E-state index contributed by atoms with van der Waals surface area (Å²) in [5.41, 5.74) is 2.81. The third-order valence-corrected chi connectivity index (χ3v) is 4.61. The van der Waals surface area contributed by atoms with E-state index in [1.807, 2.05) is 107 Å². The Labute approximate surface area is 157 Å². The second kappa shape index (κ2) is 7.06. The number of ether oxygens (including phenoxy) is 1. The Morgan fingerprint density at radius 2 is 1.31 bits per heavy atom. The Kier molecular flexibility index (Phi) is 4.46. The van der Waals surface area contributed by atoms with Gasteiger partial charge in [0.15, 0.2) is 5.15 Å². The van der Waals surface area contributed by atoms with Crippen LogP contribution in [0, 0.1) is 6.92 Å². The maximum Gasteiger partial charge on any atom is 0.409 e. The minimum Gasteiger partial charge on any atom is -0.403 e. The van der Waals surface area contributed by atoms with Crippen LogP contribution < -0.4 is 9.42 Å². The molecule has 0 fully saturated rings. The van der Waals surface area contributed by atoms with E-state index in [2.05, 4.69) is 0 Å². The van der Waals surface area contributed by atoms with Crippen LogP contribution >= 0.6 is 11.6 Å². The van der Waals surface area contributed by atoms with Gasteiger partial charge in [0, 0.05) is 12.1 Å². The fourth-order valence-corrected chi connectivity index (χ4v) is 3.16. The molecule has 1 heterocycles. The Morgan fingerprint density at radius 1 is 0.769 bits per heavy atom. The summed E-state index contributed by atoms with van der Waals surface area (Å²) in [6.45, 7) is 1.97. The van der Waals surface area contributed by atoms with Crippen molar-refractivity contribution in [1.82, 2.24) is 4.68 Å². The summed E-state index contributed by atoms with van der Waals surface area (Å²) in [6, 6.07) is 29.8. The molecule has 4 heteroatoms. The van der Waals surface area contributed by atoms with Crippen molar-refractivity contribution in [3.63, 3.8) is 0 Å². The van der Waals surface area contributed by atoms with Crippen LogP contribution in [0.5, 0.6) is 11.6 Å². The van der Waals surface area contributed by atoms with Gasteiger partial charge in [-0.25, -0.2) is 0 Å². The van der Waals surface area contributed by atoms with Gasteiger partial charge in [-0.05, 0) is 35.9 Å². The number of benzene rings is 3. The van der Waals surface area contributed by atoms with Crippen LogP contribution in [0.1, 0.15) is 5.56 Å². The van der Waals surface area contributed by atoms with Gasteiger partial charge in [0.1, 0.15) is 17.0 Å². The smallest absolute Gasteiger partial charge is 0.403 e. The van der Waals surface area contributed by atoms with Crippen LogP contribution in [0.25, 0.3) is 11.4 Å². The maximum absolute atomic E-state index is 6.73. The third-order valence-electron chi connectivity index (χ3n) is 4.17. The Balaban J connectivity index is 1.96. The van der Waals surface area contributed by atoms with Crippen LogP contribution in [0.3, 0.4) is 0 Å². The molecule has 0 atom stereocenters. The number of rotatable bonds is 4. The summed E-state index contributed by atoms with van der Waals surface area (Å²) in [6.07, 6.45) is 0. The first kappa shape index (κ1) is 16.4. The minimum atomic E-state index is 0.617. The van der Waals surface area contributed by atoms with Gasteiger partial charge >= 0.3 is 5.88 Å². The van der Waals surface area contributed by atoms with Gasteiger partial charge in [-0.1, -0.05) is 66.2 Å². The van der Waals surface area contributed by atoms with E-state index in [1.165, 1.54) is 0 Å². The molecular weight excluding hydrogens is 344 g/mol. The van der Waals surface area contributed by atoms with E-state index < -0.39 is 0 Å². The topological polar surface area (TPSA) is 18.0 Å². The van der Waals surface area contributed by atoms with E-state index in [9.17, 15) is 0 Å². The fraction of sp³-hybridized carbons (Fsp3) is 0.0455. The predicted molar refractivity (Wildman–Crippen MR) is 104 cm³/mol. The van der Waals surface area contributed by atoms with Gasteiger partial charge < -0.3 is 4.74 Å². The molecule has 0 bridgehead atoms. The van der Waals surface area contributed by atoms with Gasteiger partial charge in [-0.3, -0.25) is 0 Å². The van der Waals surface area contributed by atoms with Crippen molar-refractivity contribution in [2.45, 2.75) is 6.92 Å². The molecule has 26 heavy (non-hydrogen) atoms. The number of nitrogens with zero attached hydrogens (tertiary/aromatic N) is 2. The van der Waals surface area contributed by atoms with Crippen molar-refractivity contribution in [3.8, 4) is 23.0 Å². The molecule has 0 aliphatic heterocycles. The summed E-state index contributed by atoms with van der Waals surface area (Å²) in [4.78, 5) is 0. The summed E-state index contributed by atoms with van der Waals surface area (Å²) in [7, 11) is 0. The molecule has 4 rings (SSSR count). The molecule has 0 saturated heterocycles. The first-order valence-corrected chi connectivity index (χ1v) is 8.80. The number of hydrogen-bond acceptors (Lipinski definition) is 1. The average molecular weight is 362 g/mol. The number of aromatic nitrogens is 2. The molecule has 0 spiro atoms. The van der Waals surface area contributed by atoms with Gasteiger partial charge in [0.05, 0.1) is 0 Å². The van der Waals surface area contributed by atoms with Crippen LogP contribution in [-0.4, -0.2) is 4.68 Å². The first-order valence-electron chi connectivity index (χ1n) is 8.42. The summed E-state index contributed by atoms with van der Waals surface area (Å²) >= 11 is 6.73. The molecule has 0 unspecified atom stereocenters. The summed E-state index contributed by atoms with van der Waals surface area (Å²) in [5, 5.41) is 0.617. The molecule has 0 radical (unpaired) electrons. The molecule has 0 saturated carbocycles.